The van der Waals surface area contributed by atoms with E-state index in [1.54, 1.807) is 6.92 Å². The van der Waals surface area contributed by atoms with Gasteiger partial charge in [0.15, 0.2) is 0 Å². The lowest BCUT2D eigenvalue weighted by atomic mass is 10.1. The van der Waals surface area contributed by atoms with Crippen LogP contribution in [0.2, 0.25) is 0 Å². The van der Waals surface area contributed by atoms with Gasteiger partial charge in [0.1, 0.15) is 6.20 Å². The van der Waals surface area contributed by atoms with Crippen molar-refractivity contribution in [1.82, 2.24) is 10.3 Å². The van der Waals surface area contributed by atoms with Crippen molar-refractivity contribution >= 4 is 17.6 Å². The summed E-state index contributed by atoms with van der Waals surface area (Å²) in [6.07, 6.45) is 1.32. The van der Waals surface area contributed by atoms with E-state index in [1.165, 1.54) is 0 Å². The molecule has 0 bridgehead atoms. The number of carboxylic acid groups (broad SMARTS) is 1. The van der Waals surface area contributed by atoms with E-state index in [-0.39, 0.29) is 24.2 Å². The van der Waals surface area contributed by atoms with Gasteiger partial charge in [-0.25, -0.2) is 0 Å². The first-order valence-electron chi connectivity index (χ1n) is 5.53. The van der Waals surface area contributed by atoms with Crippen molar-refractivity contribution in [2.45, 2.75) is 19.8 Å². The first-order chi connectivity index (χ1) is 8.91. The van der Waals surface area contributed by atoms with Crippen LogP contribution < -0.4 is 5.32 Å². The lowest BCUT2D eigenvalue weighted by Gasteiger charge is -2.06. The number of amides is 1. The van der Waals surface area contributed by atoms with Gasteiger partial charge < -0.3 is 10.4 Å². The largest absolute Gasteiger partial charge is 0.481 e. The smallest absolute Gasteiger partial charge is 0.303 e. The van der Waals surface area contributed by atoms with Crippen LogP contribution in [0.3, 0.4) is 0 Å². The average Bonchev–Trinajstić information content (AvgIpc) is 2.34. The van der Waals surface area contributed by atoms with E-state index < -0.39 is 16.8 Å². The van der Waals surface area contributed by atoms with E-state index in [2.05, 4.69) is 10.3 Å². The molecular weight excluding hydrogens is 254 g/mol. The number of aliphatic carboxylic acids is 1. The molecule has 102 valence electrons. The van der Waals surface area contributed by atoms with Crippen LogP contribution in [0.1, 0.15) is 28.9 Å². The van der Waals surface area contributed by atoms with E-state index in [9.17, 15) is 19.7 Å². The Morgan fingerprint density at radius 1 is 1.53 bits per heavy atom. The van der Waals surface area contributed by atoms with Gasteiger partial charge in [-0.1, -0.05) is 0 Å². The molecule has 0 fully saturated rings. The average molecular weight is 267 g/mol. The molecule has 0 aromatic carbocycles. The topological polar surface area (TPSA) is 122 Å². The number of carbonyl (C=O) groups is 2. The van der Waals surface area contributed by atoms with Crippen LogP contribution in [0.5, 0.6) is 0 Å². The summed E-state index contributed by atoms with van der Waals surface area (Å²) in [6.45, 7) is 1.75. The highest BCUT2D eigenvalue weighted by atomic mass is 16.6. The highest BCUT2D eigenvalue weighted by Gasteiger charge is 2.15. The second kappa shape index (κ2) is 6.43. The summed E-state index contributed by atoms with van der Waals surface area (Å²) in [7, 11) is 0. The van der Waals surface area contributed by atoms with Gasteiger partial charge in [-0.05, 0) is 13.3 Å². The fourth-order valence-corrected chi connectivity index (χ4v) is 1.39. The number of hydrogen-bond donors (Lipinski definition) is 2. The first kappa shape index (κ1) is 14.6. The number of aromatic nitrogens is 1. The van der Waals surface area contributed by atoms with E-state index in [4.69, 9.17) is 5.11 Å². The number of rotatable bonds is 6. The maximum absolute atomic E-state index is 11.8. The van der Waals surface area contributed by atoms with Gasteiger partial charge in [-0.3, -0.25) is 24.7 Å². The van der Waals surface area contributed by atoms with Crippen LogP contribution in [0.4, 0.5) is 5.69 Å². The monoisotopic (exact) mass is 267 g/mol. The zero-order valence-corrected chi connectivity index (χ0v) is 10.3. The fraction of sp³-hybridized carbons (Fsp3) is 0.364. The Morgan fingerprint density at radius 3 is 2.79 bits per heavy atom. The zero-order valence-electron chi connectivity index (χ0n) is 10.3. The molecule has 0 saturated carbocycles. The third-order valence-corrected chi connectivity index (χ3v) is 2.38. The number of nitrogens with zero attached hydrogens (tertiary/aromatic N) is 2. The molecule has 0 atom stereocenters. The van der Waals surface area contributed by atoms with Gasteiger partial charge in [-0.15, -0.1) is 0 Å². The Bertz CT molecular complexity index is 515. The van der Waals surface area contributed by atoms with Crippen LogP contribution in [-0.2, 0) is 4.79 Å². The lowest BCUT2D eigenvalue weighted by molar-refractivity contribution is -0.385. The maximum Gasteiger partial charge on any atom is 0.303 e. The molecule has 1 heterocycles. The molecule has 0 spiro atoms. The molecule has 1 aromatic rings. The molecule has 1 aromatic heterocycles. The minimum Gasteiger partial charge on any atom is -0.481 e. The molecule has 8 nitrogen and oxygen atoms in total. The number of nitrogens with one attached hydrogen (secondary N) is 1. The summed E-state index contributed by atoms with van der Waals surface area (Å²) in [5.41, 5.74) is 0.229. The van der Waals surface area contributed by atoms with Crippen molar-refractivity contribution in [3.63, 3.8) is 0 Å². The molecule has 0 radical (unpaired) electrons. The molecule has 1 rings (SSSR count). The van der Waals surface area contributed by atoms with Gasteiger partial charge in [-0.2, -0.15) is 0 Å². The first-order valence-corrected chi connectivity index (χ1v) is 5.53. The van der Waals surface area contributed by atoms with Crippen molar-refractivity contribution in [2.75, 3.05) is 6.54 Å². The predicted molar refractivity (Wildman–Crippen MR) is 64.8 cm³/mol. The standard InChI is InChI=1S/C11H13N3O5/c1-7-9(5-8(6-13-7)14(18)19)11(17)12-4-2-3-10(15)16/h5-6H,2-4H2,1H3,(H,12,17)(H,15,16). The fourth-order valence-electron chi connectivity index (χ4n) is 1.39. The maximum atomic E-state index is 11.8. The van der Waals surface area contributed by atoms with E-state index in [1.807, 2.05) is 0 Å². The number of carboxylic acids is 1. The molecule has 0 aliphatic heterocycles. The number of pyridine rings is 1. The SMILES string of the molecule is Cc1ncc([N+](=O)[O-])cc1C(=O)NCCCC(=O)O. The van der Waals surface area contributed by atoms with Crippen LogP contribution in [0, 0.1) is 17.0 Å². The van der Waals surface area contributed by atoms with E-state index in [0.717, 1.165) is 12.3 Å². The van der Waals surface area contributed by atoms with E-state index in [0.29, 0.717) is 12.1 Å². The Labute approximate surface area is 108 Å². The van der Waals surface area contributed by atoms with Crippen LogP contribution in [0.25, 0.3) is 0 Å². The van der Waals surface area contributed by atoms with Crippen LogP contribution >= 0.6 is 0 Å². The van der Waals surface area contributed by atoms with Gasteiger partial charge in [0.05, 0.1) is 16.2 Å². The van der Waals surface area contributed by atoms with Gasteiger partial charge >= 0.3 is 5.97 Å². The molecule has 0 unspecified atom stereocenters. The Kier molecular flexibility index (Phi) is 4.92. The lowest BCUT2D eigenvalue weighted by Crippen LogP contribution is -2.26. The van der Waals surface area contributed by atoms with Crippen molar-refractivity contribution < 1.29 is 19.6 Å². The molecule has 19 heavy (non-hydrogen) atoms. The summed E-state index contributed by atoms with van der Waals surface area (Å²) >= 11 is 0. The molecule has 0 aliphatic carbocycles. The van der Waals surface area contributed by atoms with Gasteiger partial charge in [0.2, 0.25) is 0 Å². The minimum atomic E-state index is -0.942. The van der Waals surface area contributed by atoms with Crippen molar-refractivity contribution in [1.29, 1.82) is 0 Å². The van der Waals surface area contributed by atoms with Crippen molar-refractivity contribution in [3.8, 4) is 0 Å². The number of carbonyl (C=O) groups excluding carboxylic acids is 1. The van der Waals surface area contributed by atoms with Gasteiger partial charge in [0.25, 0.3) is 11.6 Å². The number of aryl methyl sites for hydroxylation is 1. The van der Waals surface area contributed by atoms with Crippen LogP contribution in [-0.4, -0.2) is 33.4 Å². The summed E-state index contributed by atoms with van der Waals surface area (Å²) < 4.78 is 0. The number of nitro groups is 1. The molecule has 2 N–H and O–H groups in total. The third-order valence-electron chi connectivity index (χ3n) is 2.38. The normalized spacial score (nSPS) is 9.95. The molecule has 8 heteroatoms. The van der Waals surface area contributed by atoms with Crippen molar-refractivity contribution in [2.24, 2.45) is 0 Å². The minimum absolute atomic E-state index is 0.0492. The third kappa shape index (κ3) is 4.34. The predicted octanol–water partition coefficient (Wildman–Crippen LogP) is 0.893. The summed E-state index contributed by atoms with van der Waals surface area (Å²) in [4.78, 5) is 35.8. The second-order valence-electron chi connectivity index (χ2n) is 3.84. The molecule has 0 aliphatic rings. The summed E-state index contributed by atoms with van der Waals surface area (Å²) in [6, 6.07) is 1.15. The van der Waals surface area contributed by atoms with Crippen molar-refractivity contribution in [3.05, 3.63) is 33.6 Å². The highest BCUT2D eigenvalue weighted by Crippen LogP contribution is 2.14. The Morgan fingerprint density at radius 2 is 2.21 bits per heavy atom. The quantitative estimate of drug-likeness (QED) is 0.448. The molecular formula is C11H13N3O5. The molecule has 1 amide bonds. The zero-order chi connectivity index (χ0) is 14.4. The Hall–Kier alpha value is -2.51. The van der Waals surface area contributed by atoms with Crippen LogP contribution in [0.15, 0.2) is 12.3 Å². The summed E-state index contributed by atoms with van der Waals surface area (Å²) in [5, 5.41) is 21.5. The number of hydrogen-bond acceptors (Lipinski definition) is 5. The molecule has 0 saturated heterocycles. The second-order valence-corrected chi connectivity index (χ2v) is 3.84. The van der Waals surface area contributed by atoms with E-state index >= 15 is 0 Å². The van der Waals surface area contributed by atoms with Gasteiger partial charge in [0, 0.05) is 19.0 Å². The highest BCUT2D eigenvalue weighted by molar-refractivity contribution is 5.95. The Balaban J connectivity index is 2.68. The summed E-state index contributed by atoms with van der Waals surface area (Å²) in [5.74, 6) is -1.44.